The van der Waals surface area contributed by atoms with Crippen LogP contribution in [0.1, 0.15) is 0 Å². The third-order valence-corrected chi connectivity index (χ3v) is 11.8. The van der Waals surface area contributed by atoms with Crippen molar-refractivity contribution in [3.63, 3.8) is 0 Å². The number of hydrogen-bond acceptors (Lipinski definition) is 5. The summed E-state index contributed by atoms with van der Waals surface area (Å²) in [6.45, 7) is 0. The summed E-state index contributed by atoms with van der Waals surface area (Å²) < 4.78 is 13.0. The van der Waals surface area contributed by atoms with Crippen LogP contribution in [0.4, 0.5) is 0 Å². The minimum absolute atomic E-state index is 0.564. The van der Waals surface area contributed by atoms with Crippen LogP contribution < -0.4 is 0 Å². The van der Waals surface area contributed by atoms with E-state index in [2.05, 4.69) is 176 Å². The van der Waals surface area contributed by atoms with Gasteiger partial charge in [0.25, 0.3) is 0 Å². The molecule has 3 heterocycles. The molecule has 3 aromatic heterocycles. The number of para-hydroxylation sites is 1. The molecule has 5 heteroatoms. The van der Waals surface area contributed by atoms with Crippen molar-refractivity contribution in [2.45, 2.75) is 0 Å². The summed E-state index contributed by atoms with van der Waals surface area (Å²) >= 11 is 0. The van der Waals surface area contributed by atoms with Gasteiger partial charge in [0, 0.05) is 38.2 Å². The third-order valence-electron chi connectivity index (χ3n) is 11.8. The van der Waals surface area contributed by atoms with E-state index in [1.807, 2.05) is 36.4 Å². The van der Waals surface area contributed by atoms with Gasteiger partial charge in [0.1, 0.15) is 22.3 Å². The van der Waals surface area contributed by atoms with Gasteiger partial charge in [0.15, 0.2) is 17.5 Å². The number of rotatable bonds is 7. The molecule has 12 aromatic rings. The molecule has 0 amide bonds. The molecule has 290 valence electrons. The topological polar surface area (TPSA) is 65.0 Å². The van der Waals surface area contributed by atoms with E-state index in [0.717, 1.165) is 105 Å². The van der Waals surface area contributed by atoms with Crippen LogP contribution >= 0.6 is 0 Å². The Balaban J connectivity index is 1.01. The minimum Gasteiger partial charge on any atom is -0.456 e. The summed E-state index contributed by atoms with van der Waals surface area (Å²) in [5.41, 5.74) is 14.9. The predicted molar refractivity (Wildman–Crippen MR) is 252 cm³/mol. The lowest BCUT2D eigenvalue weighted by Crippen LogP contribution is -2.00. The first-order chi connectivity index (χ1) is 30.7. The van der Waals surface area contributed by atoms with Gasteiger partial charge >= 0.3 is 0 Å². The van der Waals surface area contributed by atoms with Crippen LogP contribution in [0, 0.1) is 0 Å². The molecule has 0 saturated heterocycles. The van der Waals surface area contributed by atoms with Gasteiger partial charge in [-0.1, -0.05) is 170 Å². The van der Waals surface area contributed by atoms with E-state index < -0.39 is 0 Å². The van der Waals surface area contributed by atoms with E-state index in [9.17, 15) is 0 Å². The fourth-order valence-electron chi connectivity index (χ4n) is 8.84. The Morgan fingerprint density at radius 2 is 0.629 bits per heavy atom. The average Bonchev–Trinajstić information content (AvgIpc) is 3.93. The molecule has 0 unspecified atom stereocenters. The molecule has 0 saturated carbocycles. The van der Waals surface area contributed by atoms with Crippen molar-refractivity contribution >= 4 is 43.9 Å². The van der Waals surface area contributed by atoms with E-state index in [-0.39, 0.29) is 0 Å². The fraction of sp³-hybridized carbons (Fsp3) is 0. The van der Waals surface area contributed by atoms with Gasteiger partial charge in [-0.15, -0.1) is 0 Å². The molecule has 0 bridgehead atoms. The molecule has 0 spiro atoms. The van der Waals surface area contributed by atoms with Gasteiger partial charge in [-0.2, -0.15) is 0 Å². The van der Waals surface area contributed by atoms with Gasteiger partial charge in [-0.25, -0.2) is 15.0 Å². The fourth-order valence-corrected chi connectivity index (χ4v) is 8.84. The van der Waals surface area contributed by atoms with Crippen molar-refractivity contribution in [2.24, 2.45) is 0 Å². The van der Waals surface area contributed by atoms with Crippen LogP contribution in [0.25, 0.3) is 123 Å². The van der Waals surface area contributed by atoms with E-state index in [1.165, 1.54) is 0 Å². The van der Waals surface area contributed by atoms with E-state index in [0.29, 0.717) is 17.5 Å². The van der Waals surface area contributed by atoms with Gasteiger partial charge in [0.05, 0.1) is 0 Å². The highest BCUT2D eigenvalue weighted by molar-refractivity contribution is 6.17. The SMILES string of the molecule is c1ccc(-c2cccc(-c3nc(-c4cccc(-c5ccccc5)c4)nc(-c4ccc5c(c4)oc4cccc(-c6ccccc6-c6cccc7oc8ccccc8c67)c45)n3)c2)cc1. The summed E-state index contributed by atoms with van der Waals surface area (Å²) in [5.74, 6) is 1.75. The summed E-state index contributed by atoms with van der Waals surface area (Å²) in [6.07, 6.45) is 0. The maximum Gasteiger partial charge on any atom is 0.164 e. The zero-order chi connectivity index (χ0) is 41.0. The highest BCUT2D eigenvalue weighted by atomic mass is 16.3. The molecule has 62 heavy (non-hydrogen) atoms. The molecular weight excluding hydrogens is 759 g/mol. The Morgan fingerprint density at radius 3 is 1.19 bits per heavy atom. The lowest BCUT2D eigenvalue weighted by Gasteiger charge is -2.12. The smallest absolute Gasteiger partial charge is 0.164 e. The lowest BCUT2D eigenvalue weighted by atomic mass is 9.90. The average molecular weight is 794 g/mol. The Morgan fingerprint density at radius 1 is 0.242 bits per heavy atom. The minimum atomic E-state index is 0.564. The second-order valence-corrected chi connectivity index (χ2v) is 15.5. The van der Waals surface area contributed by atoms with Gasteiger partial charge in [0.2, 0.25) is 0 Å². The highest BCUT2D eigenvalue weighted by Crippen LogP contribution is 2.44. The standard InChI is InChI=1S/C57H35N3O2/c1-3-15-36(16-4-1)38-19-11-21-40(33-38)55-58-56(41-22-12-20-39(34-41)37-17-5-2-6-18-37)60-57(59-55)42-31-32-48-52(35-42)62-51-30-14-27-46(54(48)51)44-24-8-7-23-43(44)45-26-13-29-50-53(45)47-25-9-10-28-49(47)61-50/h1-35H. The van der Waals surface area contributed by atoms with Crippen molar-refractivity contribution < 1.29 is 8.83 Å². The van der Waals surface area contributed by atoms with Crippen molar-refractivity contribution in [3.05, 3.63) is 212 Å². The van der Waals surface area contributed by atoms with E-state index in [1.54, 1.807) is 0 Å². The molecule has 0 N–H and O–H groups in total. The van der Waals surface area contributed by atoms with Crippen molar-refractivity contribution in [2.75, 3.05) is 0 Å². The largest absolute Gasteiger partial charge is 0.456 e. The quantitative estimate of drug-likeness (QED) is 0.161. The maximum absolute atomic E-state index is 6.71. The molecule has 0 aliphatic heterocycles. The lowest BCUT2D eigenvalue weighted by molar-refractivity contribution is 0.668. The molecular formula is C57H35N3O2. The number of hydrogen-bond donors (Lipinski definition) is 0. The number of aromatic nitrogens is 3. The normalized spacial score (nSPS) is 11.5. The molecule has 5 nitrogen and oxygen atoms in total. The molecule has 0 radical (unpaired) electrons. The zero-order valence-electron chi connectivity index (χ0n) is 33.4. The Labute approximate surface area is 357 Å². The third kappa shape index (κ3) is 6.14. The number of benzene rings is 9. The predicted octanol–water partition coefficient (Wildman–Crippen LogP) is 15.3. The first kappa shape index (κ1) is 35.5. The summed E-state index contributed by atoms with van der Waals surface area (Å²) in [5, 5.41) is 4.28. The van der Waals surface area contributed by atoms with Crippen LogP contribution in [0.15, 0.2) is 221 Å². The number of fused-ring (bicyclic) bond motifs is 6. The van der Waals surface area contributed by atoms with E-state index in [4.69, 9.17) is 23.8 Å². The first-order valence-electron chi connectivity index (χ1n) is 20.8. The zero-order valence-corrected chi connectivity index (χ0v) is 33.4. The van der Waals surface area contributed by atoms with E-state index >= 15 is 0 Å². The van der Waals surface area contributed by atoms with Crippen LogP contribution in [0.5, 0.6) is 0 Å². The van der Waals surface area contributed by atoms with Crippen molar-refractivity contribution in [1.82, 2.24) is 15.0 Å². The Hall–Kier alpha value is -8.41. The van der Waals surface area contributed by atoms with Crippen LogP contribution in [0.3, 0.4) is 0 Å². The van der Waals surface area contributed by atoms with Gasteiger partial charge in [-0.3, -0.25) is 0 Å². The number of nitrogens with zero attached hydrogens (tertiary/aromatic N) is 3. The summed E-state index contributed by atoms with van der Waals surface area (Å²) in [7, 11) is 0. The van der Waals surface area contributed by atoms with Gasteiger partial charge in [-0.05, 0) is 87.0 Å². The summed E-state index contributed by atoms with van der Waals surface area (Å²) in [6, 6.07) is 73.3. The molecule has 0 aliphatic rings. The first-order valence-corrected chi connectivity index (χ1v) is 20.8. The van der Waals surface area contributed by atoms with Gasteiger partial charge < -0.3 is 8.83 Å². The Bertz CT molecular complexity index is 3540. The van der Waals surface area contributed by atoms with Crippen LogP contribution in [-0.2, 0) is 0 Å². The monoisotopic (exact) mass is 793 g/mol. The molecule has 0 atom stereocenters. The number of furan rings is 2. The summed E-state index contributed by atoms with van der Waals surface area (Å²) in [4.78, 5) is 15.4. The molecule has 9 aromatic carbocycles. The van der Waals surface area contributed by atoms with Crippen LogP contribution in [-0.4, -0.2) is 15.0 Å². The maximum atomic E-state index is 6.71. The second kappa shape index (κ2) is 14.7. The van der Waals surface area contributed by atoms with Crippen LogP contribution in [0.2, 0.25) is 0 Å². The van der Waals surface area contributed by atoms with Crippen molar-refractivity contribution in [3.8, 4) is 78.7 Å². The van der Waals surface area contributed by atoms with Crippen molar-refractivity contribution in [1.29, 1.82) is 0 Å². The Kier molecular flexibility index (Phi) is 8.42. The molecule has 0 aliphatic carbocycles. The molecule has 12 rings (SSSR count). The second-order valence-electron chi connectivity index (χ2n) is 15.5. The molecule has 0 fully saturated rings. The highest BCUT2D eigenvalue weighted by Gasteiger charge is 2.20.